The van der Waals surface area contributed by atoms with Crippen molar-refractivity contribution >= 4 is 8.80 Å². The summed E-state index contributed by atoms with van der Waals surface area (Å²) in [5, 5.41) is 0.328. The number of hydrogen-bond donors (Lipinski definition) is 0. The largest absolute Gasteiger partial charge is 0.0712 e. The van der Waals surface area contributed by atoms with Crippen LogP contribution in [0.25, 0.3) is 0 Å². The van der Waals surface area contributed by atoms with Crippen molar-refractivity contribution in [1.29, 1.82) is 0 Å². The van der Waals surface area contributed by atoms with Gasteiger partial charge in [-0.1, -0.05) is 25.6 Å². The monoisotopic (exact) mass is 179 g/mol. The fourth-order valence-electron chi connectivity index (χ4n) is 1.83. The normalized spacial score (nSPS) is 30.1. The third kappa shape index (κ3) is 1.20. The Labute approximate surface area is 78.0 Å². The lowest BCUT2D eigenvalue weighted by molar-refractivity contribution is 0.850. The van der Waals surface area contributed by atoms with E-state index in [1.165, 1.54) is 11.1 Å². The van der Waals surface area contributed by atoms with Crippen molar-refractivity contribution in [3.05, 3.63) is 22.8 Å². The predicted octanol–water partition coefficient (Wildman–Crippen LogP) is 3.33. The van der Waals surface area contributed by atoms with Crippen LogP contribution < -0.4 is 0 Å². The minimum absolute atomic E-state index is 0.328. The van der Waals surface area contributed by atoms with E-state index in [1.54, 1.807) is 5.57 Å². The molecule has 0 bridgehead atoms. The maximum absolute atomic E-state index is 3.63. The second-order valence-electron chi connectivity index (χ2n) is 4.36. The lowest BCUT2D eigenvalue weighted by atomic mass is 10.0. The molecule has 0 aliphatic heterocycles. The summed E-state index contributed by atoms with van der Waals surface area (Å²) in [4.78, 5) is 0. The Morgan fingerprint density at radius 3 is 1.83 bits per heavy atom. The first-order valence-electron chi connectivity index (χ1n) is 4.69. The smallest absolute Gasteiger partial charge is 0.0475 e. The van der Waals surface area contributed by atoms with E-state index in [1.807, 2.05) is 0 Å². The van der Waals surface area contributed by atoms with Crippen molar-refractivity contribution in [1.82, 2.24) is 0 Å². The van der Waals surface area contributed by atoms with Gasteiger partial charge in [-0.25, -0.2) is 0 Å². The molecule has 0 aromatic carbocycles. The number of allylic oxidation sites excluding steroid dienone is 4. The average Bonchev–Trinajstić information content (AvgIpc) is 2.17. The van der Waals surface area contributed by atoms with Crippen molar-refractivity contribution in [2.75, 3.05) is 0 Å². The summed E-state index contributed by atoms with van der Waals surface area (Å²) in [5.41, 5.74) is 4.40. The predicted molar refractivity (Wildman–Crippen MR) is 58.0 cm³/mol. The molecule has 0 saturated heterocycles. The quantitative estimate of drug-likeness (QED) is 0.542. The molecule has 0 aromatic heterocycles. The molecule has 12 heavy (non-hydrogen) atoms. The van der Waals surface area contributed by atoms with E-state index in [0.717, 1.165) is 0 Å². The molecule has 1 aliphatic carbocycles. The summed E-state index contributed by atoms with van der Waals surface area (Å²) < 4.78 is 0. The zero-order chi connectivity index (χ0) is 9.52. The van der Waals surface area contributed by atoms with Crippen LogP contribution >= 0.6 is 0 Å². The highest BCUT2D eigenvalue weighted by atomic mass is 28.3. The van der Waals surface area contributed by atoms with E-state index in [0.29, 0.717) is 5.04 Å². The standard InChI is InChI=1S/C11H19Si/c1-8-7-11(4,12(5)6)10(3)9(8)2/h12H,1-6H3. The fourth-order valence-corrected chi connectivity index (χ4v) is 3.41. The summed E-state index contributed by atoms with van der Waals surface area (Å²) in [5.74, 6) is 0. The molecular weight excluding hydrogens is 160 g/mol. The summed E-state index contributed by atoms with van der Waals surface area (Å²) >= 11 is 0. The zero-order valence-electron chi connectivity index (χ0n) is 9.08. The maximum Gasteiger partial charge on any atom is 0.0475 e. The van der Waals surface area contributed by atoms with Gasteiger partial charge in [0.2, 0.25) is 0 Å². The third-order valence-electron chi connectivity index (χ3n) is 3.51. The van der Waals surface area contributed by atoms with Crippen molar-refractivity contribution < 1.29 is 0 Å². The number of hydrogen-bond acceptors (Lipinski definition) is 0. The molecule has 1 unspecified atom stereocenters. The van der Waals surface area contributed by atoms with Gasteiger partial charge in [0.05, 0.1) is 0 Å². The van der Waals surface area contributed by atoms with Crippen LogP contribution in [-0.2, 0) is 0 Å². The molecule has 1 heteroatoms. The Morgan fingerprint density at radius 2 is 1.67 bits per heavy atom. The molecule has 1 aliphatic rings. The Hall–Kier alpha value is -0.303. The second-order valence-corrected chi connectivity index (χ2v) is 7.82. The summed E-state index contributed by atoms with van der Waals surface area (Å²) in [6, 6.07) is 0. The highest BCUT2D eigenvalue weighted by molar-refractivity contribution is 6.61. The molecule has 0 spiro atoms. The van der Waals surface area contributed by atoms with E-state index in [2.05, 4.69) is 46.9 Å². The lowest BCUT2D eigenvalue weighted by Gasteiger charge is -2.27. The van der Waals surface area contributed by atoms with Gasteiger partial charge >= 0.3 is 0 Å². The molecule has 1 atom stereocenters. The molecule has 0 nitrogen and oxygen atoms in total. The van der Waals surface area contributed by atoms with Gasteiger partial charge in [-0.15, -0.1) is 0 Å². The molecule has 0 fully saturated rings. The van der Waals surface area contributed by atoms with Gasteiger partial charge in [0.1, 0.15) is 0 Å². The average molecular weight is 179 g/mol. The van der Waals surface area contributed by atoms with Crippen molar-refractivity contribution in [2.24, 2.45) is 0 Å². The Morgan fingerprint density at radius 1 is 1.17 bits per heavy atom. The van der Waals surface area contributed by atoms with E-state index in [-0.39, 0.29) is 0 Å². The lowest BCUT2D eigenvalue weighted by Crippen LogP contribution is -2.22. The van der Waals surface area contributed by atoms with Crippen LogP contribution in [0.4, 0.5) is 0 Å². The minimum atomic E-state index is -0.663. The highest BCUT2D eigenvalue weighted by Crippen LogP contribution is 2.47. The molecule has 1 rings (SSSR count). The van der Waals surface area contributed by atoms with Crippen LogP contribution in [0.2, 0.25) is 18.1 Å². The summed E-state index contributed by atoms with van der Waals surface area (Å²) in [6.07, 6.45) is 3.63. The zero-order valence-corrected chi connectivity index (χ0v) is 10.2. The van der Waals surface area contributed by atoms with Gasteiger partial charge in [0, 0.05) is 13.8 Å². The SMILES string of the molecule is CC1=[C]C(C)([SiH](C)C)C(C)=C1C. The van der Waals surface area contributed by atoms with Gasteiger partial charge < -0.3 is 0 Å². The number of rotatable bonds is 1. The van der Waals surface area contributed by atoms with Gasteiger partial charge in [0.15, 0.2) is 0 Å². The van der Waals surface area contributed by atoms with E-state index in [9.17, 15) is 0 Å². The van der Waals surface area contributed by atoms with Crippen LogP contribution in [0, 0.1) is 6.08 Å². The van der Waals surface area contributed by atoms with Crippen LogP contribution in [0.5, 0.6) is 0 Å². The van der Waals surface area contributed by atoms with Gasteiger partial charge in [-0.2, -0.15) is 0 Å². The Bertz CT molecular complexity index is 258. The summed E-state index contributed by atoms with van der Waals surface area (Å²) in [7, 11) is -0.663. The minimum Gasteiger partial charge on any atom is -0.0712 e. The first-order chi connectivity index (χ1) is 5.39. The second kappa shape index (κ2) is 2.88. The van der Waals surface area contributed by atoms with Crippen LogP contribution in [0.1, 0.15) is 27.7 Å². The molecule has 0 aromatic rings. The molecule has 67 valence electrons. The van der Waals surface area contributed by atoms with Crippen molar-refractivity contribution in [3.63, 3.8) is 0 Å². The highest BCUT2D eigenvalue weighted by Gasteiger charge is 2.34. The van der Waals surface area contributed by atoms with E-state index >= 15 is 0 Å². The summed E-state index contributed by atoms with van der Waals surface area (Å²) in [6.45, 7) is 13.8. The topological polar surface area (TPSA) is 0 Å². The van der Waals surface area contributed by atoms with Crippen LogP contribution in [0.3, 0.4) is 0 Å². The van der Waals surface area contributed by atoms with E-state index in [4.69, 9.17) is 0 Å². The first kappa shape index (κ1) is 9.78. The Kier molecular flexibility index (Phi) is 2.35. The molecule has 0 heterocycles. The maximum atomic E-state index is 3.63. The van der Waals surface area contributed by atoms with Crippen molar-refractivity contribution in [2.45, 2.75) is 45.8 Å². The van der Waals surface area contributed by atoms with E-state index < -0.39 is 8.80 Å². The van der Waals surface area contributed by atoms with Crippen LogP contribution in [-0.4, -0.2) is 8.80 Å². The first-order valence-corrected chi connectivity index (χ1v) is 7.58. The van der Waals surface area contributed by atoms with Gasteiger partial charge in [-0.3, -0.25) is 0 Å². The van der Waals surface area contributed by atoms with Crippen molar-refractivity contribution in [3.8, 4) is 0 Å². The Balaban J connectivity index is 3.14. The fraction of sp³-hybridized carbons (Fsp3) is 0.636. The van der Waals surface area contributed by atoms with Crippen LogP contribution in [0.15, 0.2) is 16.7 Å². The van der Waals surface area contributed by atoms with Gasteiger partial charge in [0.25, 0.3) is 0 Å². The molecule has 0 N–H and O–H groups in total. The molecular formula is C11H19Si. The van der Waals surface area contributed by atoms with Gasteiger partial charge in [-0.05, 0) is 38.0 Å². The molecule has 0 amide bonds. The molecule has 0 saturated carbocycles. The molecule has 1 radical (unpaired) electrons. The third-order valence-corrected chi connectivity index (χ3v) is 6.39.